The Morgan fingerprint density at radius 3 is 2.50 bits per heavy atom. The summed E-state index contributed by atoms with van der Waals surface area (Å²) in [6.45, 7) is 1.36. The van der Waals surface area contributed by atoms with Gasteiger partial charge in [0.2, 0.25) is 5.79 Å². The summed E-state index contributed by atoms with van der Waals surface area (Å²) in [5, 5.41) is 39.8. The Labute approximate surface area is 104 Å². The predicted octanol–water partition coefficient (Wildman–Crippen LogP) is -2.95. The highest BCUT2D eigenvalue weighted by Crippen LogP contribution is 2.29. The van der Waals surface area contributed by atoms with Crippen molar-refractivity contribution in [3.63, 3.8) is 0 Å². The minimum Gasteiger partial charge on any atom is -0.394 e. The summed E-state index contributed by atoms with van der Waals surface area (Å²) >= 11 is 0. The molecule has 2 aliphatic heterocycles. The van der Waals surface area contributed by atoms with Crippen LogP contribution in [0.15, 0.2) is 0 Å². The molecule has 0 aromatic rings. The van der Waals surface area contributed by atoms with Crippen LogP contribution >= 0.6 is 0 Å². The Morgan fingerprint density at radius 2 is 1.94 bits per heavy atom. The number of hydroxylamine groups is 2. The van der Waals surface area contributed by atoms with Crippen molar-refractivity contribution in [1.29, 1.82) is 0 Å². The summed E-state index contributed by atoms with van der Waals surface area (Å²) in [6.07, 6.45) is -3.87. The van der Waals surface area contributed by atoms with Gasteiger partial charge in [0, 0.05) is 13.1 Å². The zero-order chi connectivity index (χ0) is 13.2. The van der Waals surface area contributed by atoms with E-state index in [4.69, 9.17) is 19.4 Å². The van der Waals surface area contributed by atoms with Crippen LogP contribution in [0.4, 0.5) is 0 Å². The maximum absolute atomic E-state index is 10.0. The smallest absolute Gasteiger partial charge is 0.221 e. The average Bonchev–Trinajstić information content (AvgIpc) is 2.63. The normalized spacial score (nSPS) is 42.3. The molecule has 0 radical (unpaired) electrons. The maximum Gasteiger partial charge on any atom is 0.221 e. The van der Waals surface area contributed by atoms with E-state index in [-0.39, 0.29) is 6.61 Å². The summed E-state index contributed by atoms with van der Waals surface area (Å²) in [7, 11) is 0. The number of aliphatic hydroxyl groups excluding tert-OH is 3. The molecule has 2 rings (SSSR count). The highest BCUT2D eigenvalue weighted by atomic mass is 16.7. The Balaban J connectivity index is 1.87. The molecule has 1 unspecified atom stereocenters. The number of ether oxygens (including phenoxy) is 2. The first-order valence-electron chi connectivity index (χ1n) is 5.89. The van der Waals surface area contributed by atoms with Crippen molar-refractivity contribution in [3.8, 4) is 0 Å². The van der Waals surface area contributed by atoms with E-state index < -0.39 is 30.7 Å². The second-order valence-electron chi connectivity index (χ2n) is 4.43. The molecular formula is C10H19NO7. The van der Waals surface area contributed by atoms with Gasteiger partial charge in [-0.25, -0.2) is 0 Å². The first kappa shape index (κ1) is 14.1. The van der Waals surface area contributed by atoms with Crippen molar-refractivity contribution in [1.82, 2.24) is 5.06 Å². The second kappa shape index (κ2) is 5.76. The minimum absolute atomic E-state index is 0.318. The summed E-state index contributed by atoms with van der Waals surface area (Å²) in [4.78, 5) is 5.31. The third-order valence-electron chi connectivity index (χ3n) is 3.13. The lowest BCUT2D eigenvalue weighted by molar-refractivity contribution is -0.303. The van der Waals surface area contributed by atoms with Crippen LogP contribution in [0, 0.1) is 0 Å². The van der Waals surface area contributed by atoms with Crippen molar-refractivity contribution in [2.45, 2.75) is 24.1 Å². The van der Waals surface area contributed by atoms with Gasteiger partial charge in [-0.2, -0.15) is 5.06 Å². The van der Waals surface area contributed by atoms with E-state index in [1.807, 2.05) is 0 Å². The Bertz CT molecular complexity index is 273. The Hall–Kier alpha value is -0.320. The SMILES string of the molecule is OC[C@@H]1OC(O)(CON2CCOCC2)[C@@H](O)[C@@H]1O. The molecular weight excluding hydrogens is 246 g/mol. The van der Waals surface area contributed by atoms with Gasteiger partial charge in [-0.05, 0) is 0 Å². The number of nitrogens with zero attached hydrogens (tertiary/aromatic N) is 1. The third kappa shape index (κ3) is 2.81. The first-order valence-corrected chi connectivity index (χ1v) is 5.89. The summed E-state index contributed by atoms with van der Waals surface area (Å²) < 4.78 is 10.2. The maximum atomic E-state index is 10.0. The van der Waals surface area contributed by atoms with Gasteiger partial charge >= 0.3 is 0 Å². The van der Waals surface area contributed by atoms with Crippen molar-refractivity contribution in [3.05, 3.63) is 0 Å². The lowest BCUT2D eigenvalue weighted by atomic mass is 10.1. The van der Waals surface area contributed by atoms with Crippen LogP contribution in [0.25, 0.3) is 0 Å². The molecule has 2 aliphatic rings. The quantitative estimate of drug-likeness (QED) is 0.427. The molecule has 4 atom stereocenters. The molecule has 0 saturated carbocycles. The molecule has 2 heterocycles. The van der Waals surface area contributed by atoms with Gasteiger partial charge in [0.05, 0.1) is 19.8 Å². The fourth-order valence-electron chi connectivity index (χ4n) is 2.00. The lowest BCUT2D eigenvalue weighted by Crippen LogP contribution is -2.49. The minimum atomic E-state index is -2.01. The summed E-state index contributed by atoms with van der Waals surface area (Å²) in [6, 6.07) is 0. The van der Waals surface area contributed by atoms with Crippen LogP contribution in [-0.2, 0) is 14.3 Å². The number of hydrogen-bond acceptors (Lipinski definition) is 8. The number of hydrogen-bond donors (Lipinski definition) is 4. The largest absolute Gasteiger partial charge is 0.394 e. The van der Waals surface area contributed by atoms with Crippen LogP contribution in [0.5, 0.6) is 0 Å². The van der Waals surface area contributed by atoms with Crippen molar-refractivity contribution in [2.24, 2.45) is 0 Å². The molecule has 106 valence electrons. The number of aliphatic hydroxyl groups is 4. The Morgan fingerprint density at radius 1 is 1.28 bits per heavy atom. The van der Waals surface area contributed by atoms with Gasteiger partial charge in [-0.3, -0.25) is 4.84 Å². The third-order valence-corrected chi connectivity index (χ3v) is 3.13. The topological polar surface area (TPSA) is 112 Å². The fraction of sp³-hybridized carbons (Fsp3) is 1.00. The van der Waals surface area contributed by atoms with Crippen molar-refractivity contribution in [2.75, 3.05) is 39.5 Å². The molecule has 8 nitrogen and oxygen atoms in total. The van der Waals surface area contributed by atoms with Crippen LogP contribution in [0.1, 0.15) is 0 Å². The van der Waals surface area contributed by atoms with E-state index in [9.17, 15) is 15.3 Å². The van der Waals surface area contributed by atoms with Crippen LogP contribution < -0.4 is 0 Å². The van der Waals surface area contributed by atoms with Crippen LogP contribution in [0.2, 0.25) is 0 Å². The molecule has 0 aliphatic carbocycles. The van der Waals surface area contributed by atoms with Gasteiger partial charge in [0.1, 0.15) is 24.9 Å². The first-order chi connectivity index (χ1) is 8.57. The van der Waals surface area contributed by atoms with E-state index in [1.165, 1.54) is 0 Å². The zero-order valence-corrected chi connectivity index (χ0v) is 9.94. The predicted molar refractivity (Wildman–Crippen MR) is 57.3 cm³/mol. The molecule has 2 fully saturated rings. The molecule has 18 heavy (non-hydrogen) atoms. The standard InChI is InChI=1S/C10H19NO7/c12-5-7-8(13)9(14)10(15,18-7)6-17-11-1-3-16-4-2-11/h7-9,12-15H,1-6H2/t7-,8+,9-,10?/m0/s1. The highest BCUT2D eigenvalue weighted by molar-refractivity contribution is 4.95. The second-order valence-corrected chi connectivity index (χ2v) is 4.43. The fourth-order valence-corrected chi connectivity index (χ4v) is 2.00. The average molecular weight is 265 g/mol. The Kier molecular flexibility index (Phi) is 4.51. The summed E-state index contributed by atoms with van der Waals surface area (Å²) in [5.41, 5.74) is 0. The lowest BCUT2D eigenvalue weighted by Gasteiger charge is -2.31. The molecule has 0 aromatic carbocycles. The van der Waals surface area contributed by atoms with Crippen LogP contribution in [0.3, 0.4) is 0 Å². The molecule has 8 heteroatoms. The highest BCUT2D eigenvalue weighted by Gasteiger charge is 2.53. The molecule has 4 N–H and O–H groups in total. The zero-order valence-electron chi connectivity index (χ0n) is 9.94. The molecule has 0 aromatic heterocycles. The van der Waals surface area contributed by atoms with Gasteiger partial charge in [0.15, 0.2) is 0 Å². The molecule has 2 saturated heterocycles. The number of rotatable bonds is 4. The summed E-state index contributed by atoms with van der Waals surface area (Å²) in [5.74, 6) is -2.01. The van der Waals surface area contributed by atoms with Gasteiger partial charge in [0.25, 0.3) is 0 Å². The molecule has 0 bridgehead atoms. The van der Waals surface area contributed by atoms with E-state index in [0.29, 0.717) is 26.3 Å². The van der Waals surface area contributed by atoms with Crippen molar-refractivity contribution >= 4 is 0 Å². The van der Waals surface area contributed by atoms with E-state index >= 15 is 0 Å². The monoisotopic (exact) mass is 265 g/mol. The van der Waals surface area contributed by atoms with Crippen LogP contribution in [-0.4, -0.2) is 89.1 Å². The van der Waals surface area contributed by atoms with Gasteiger partial charge in [-0.15, -0.1) is 0 Å². The van der Waals surface area contributed by atoms with Gasteiger partial charge in [-0.1, -0.05) is 0 Å². The molecule has 0 spiro atoms. The van der Waals surface area contributed by atoms with Crippen molar-refractivity contribution < 1.29 is 34.7 Å². The van der Waals surface area contributed by atoms with E-state index in [1.54, 1.807) is 5.06 Å². The molecule has 0 amide bonds. The van der Waals surface area contributed by atoms with Gasteiger partial charge < -0.3 is 29.9 Å². The van der Waals surface area contributed by atoms with E-state index in [0.717, 1.165) is 0 Å². The number of morpholine rings is 1. The van der Waals surface area contributed by atoms with E-state index in [2.05, 4.69) is 0 Å².